The zero-order valence-corrected chi connectivity index (χ0v) is 14.0. The van der Waals surface area contributed by atoms with Crippen molar-refractivity contribution in [2.45, 2.75) is 20.3 Å². The maximum atomic E-state index is 11.9. The molecule has 0 aliphatic carbocycles. The fourth-order valence-corrected chi connectivity index (χ4v) is 3.20. The normalized spacial score (nSPS) is 14.9. The van der Waals surface area contributed by atoms with Crippen LogP contribution in [0.5, 0.6) is 0 Å². The highest BCUT2D eigenvalue weighted by Crippen LogP contribution is 2.24. The molecule has 2 aromatic carbocycles. The Hall–Kier alpha value is -2.29. The topological polar surface area (TPSA) is 23.6 Å². The van der Waals surface area contributed by atoms with Crippen LogP contribution in [0.25, 0.3) is 0 Å². The molecule has 23 heavy (non-hydrogen) atoms. The van der Waals surface area contributed by atoms with Crippen LogP contribution in [-0.2, 0) is 0 Å². The summed E-state index contributed by atoms with van der Waals surface area (Å²) in [6.45, 7) is 8.07. The molecule has 1 aliphatic rings. The second-order valence-corrected chi connectivity index (χ2v) is 6.09. The number of aryl methyl sites for hydroxylation is 1. The van der Waals surface area contributed by atoms with Crippen molar-refractivity contribution in [1.29, 1.82) is 0 Å². The minimum Gasteiger partial charge on any atom is -0.368 e. The minimum atomic E-state index is 0.213. The molecular formula is C20H24N2O. The van der Waals surface area contributed by atoms with Gasteiger partial charge in [-0.25, -0.2) is 0 Å². The number of ketones is 1. The second-order valence-electron chi connectivity index (χ2n) is 6.09. The molecule has 2 aromatic rings. The number of hydrogen-bond acceptors (Lipinski definition) is 3. The van der Waals surface area contributed by atoms with Crippen LogP contribution in [0, 0.1) is 6.92 Å². The van der Waals surface area contributed by atoms with Gasteiger partial charge >= 0.3 is 0 Å². The number of nitrogens with zero attached hydrogens (tertiary/aromatic N) is 2. The highest BCUT2D eigenvalue weighted by Gasteiger charge is 2.19. The summed E-state index contributed by atoms with van der Waals surface area (Å²) in [4.78, 5) is 16.7. The van der Waals surface area contributed by atoms with Gasteiger partial charge in [-0.1, -0.05) is 37.3 Å². The Morgan fingerprint density at radius 3 is 2.35 bits per heavy atom. The van der Waals surface area contributed by atoms with Gasteiger partial charge in [-0.2, -0.15) is 0 Å². The average Bonchev–Trinajstić information content (AvgIpc) is 2.62. The molecule has 0 aromatic heterocycles. The maximum Gasteiger partial charge on any atom is 0.162 e. The number of rotatable bonds is 4. The van der Waals surface area contributed by atoms with Gasteiger partial charge in [-0.15, -0.1) is 0 Å². The number of anilines is 2. The minimum absolute atomic E-state index is 0.213. The molecular weight excluding hydrogens is 284 g/mol. The Balaban J connectivity index is 1.70. The molecule has 0 spiro atoms. The third-order valence-electron chi connectivity index (χ3n) is 4.59. The predicted molar refractivity (Wildman–Crippen MR) is 96.7 cm³/mol. The summed E-state index contributed by atoms with van der Waals surface area (Å²) < 4.78 is 0. The van der Waals surface area contributed by atoms with Gasteiger partial charge < -0.3 is 9.80 Å². The Morgan fingerprint density at radius 2 is 1.65 bits per heavy atom. The fourth-order valence-electron chi connectivity index (χ4n) is 3.20. The SMILES string of the molecule is CCC(=O)c1cccc(N2CCN(c3ccccc3C)CC2)c1. The first-order valence-electron chi connectivity index (χ1n) is 8.38. The zero-order chi connectivity index (χ0) is 16.2. The van der Waals surface area contributed by atoms with Crippen LogP contribution in [0.2, 0.25) is 0 Å². The van der Waals surface area contributed by atoms with Crippen LogP contribution >= 0.6 is 0 Å². The van der Waals surface area contributed by atoms with Gasteiger partial charge in [0.05, 0.1) is 0 Å². The average molecular weight is 308 g/mol. The summed E-state index contributed by atoms with van der Waals surface area (Å²) >= 11 is 0. The molecule has 1 saturated heterocycles. The number of para-hydroxylation sites is 1. The smallest absolute Gasteiger partial charge is 0.162 e. The molecule has 0 bridgehead atoms. The van der Waals surface area contributed by atoms with E-state index in [1.54, 1.807) is 0 Å². The molecule has 120 valence electrons. The van der Waals surface area contributed by atoms with Crippen LogP contribution in [-0.4, -0.2) is 32.0 Å². The van der Waals surface area contributed by atoms with Crippen molar-refractivity contribution in [3.05, 3.63) is 59.7 Å². The van der Waals surface area contributed by atoms with Crippen molar-refractivity contribution in [2.75, 3.05) is 36.0 Å². The maximum absolute atomic E-state index is 11.9. The summed E-state index contributed by atoms with van der Waals surface area (Å²) in [5, 5.41) is 0. The highest BCUT2D eigenvalue weighted by atomic mass is 16.1. The van der Waals surface area contributed by atoms with Crippen LogP contribution in [0.3, 0.4) is 0 Å². The molecule has 0 N–H and O–H groups in total. The fraction of sp³-hybridized carbons (Fsp3) is 0.350. The predicted octanol–water partition coefficient (Wildman–Crippen LogP) is 3.91. The van der Waals surface area contributed by atoms with E-state index in [9.17, 15) is 4.79 Å². The summed E-state index contributed by atoms with van der Waals surface area (Å²) in [5.74, 6) is 0.213. The van der Waals surface area contributed by atoms with Crippen LogP contribution in [0.15, 0.2) is 48.5 Å². The first-order valence-corrected chi connectivity index (χ1v) is 8.38. The van der Waals surface area contributed by atoms with Crippen LogP contribution in [0.1, 0.15) is 29.3 Å². The molecule has 0 amide bonds. The van der Waals surface area contributed by atoms with Gasteiger partial charge in [0.25, 0.3) is 0 Å². The number of Topliss-reactive ketones (excluding diaryl/α,β-unsaturated/α-hetero) is 1. The van der Waals surface area contributed by atoms with Gasteiger partial charge in [0.15, 0.2) is 5.78 Å². The number of carbonyl (C=O) groups excluding carboxylic acids is 1. The van der Waals surface area contributed by atoms with Gasteiger partial charge in [-0.3, -0.25) is 4.79 Å². The monoisotopic (exact) mass is 308 g/mol. The van der Waals surface area contributed by atoms with Crippen LogP contribution in [0.4, 0.5) is 11.4 Å². The molecule has 1 aliphatic heterocycles. The standard InChI is InChI=1S/C20H24N2O/c1-3-20(23)17-8-6-9-18(15-17)21-11-13-22(14-12-21)19-10-5-4-7-16(19)2/h4-10,15H,3,11-14H2,1-2H3. The number of piperazine rings is 1. The summed E-state index contributed by atoms with van der Waals surface area (Å²) in [5.41, 5.74) is 4.65. The Morgan fingerprint density at radius 1 is 0.957 bits per heavy atom. The summed E-state index contributed by atoms with van der Waals surface area (Å²) in [7, 11) is 0. The highest BCUT2D eigenvalue weighted by molar-refractivity contribution is 5.96. The van der Waals surface area contributed by atoms with E-state index >= 15 is 0 Å². The van der Waals surface area contributed by atoms with Crippen molar-refractivity contribution < 1.29 is 4.79 Å². The first kappa shape index (κ1) is 15.6. The number of benzene rings is 2. The largest absolute Gasteiger partial charge is 0.368 e. The molecule has 0 unspecified atom stereocenters. The molecule has 1 heterocycles. The molecule has 0 radical (unpaired) electrons. The molecule has 3 heteroatoms. The Labute approximate surface area is 138 Å². The Bertz CT molecular complexity index is 688. The molecule has 3 nitrogen and oxygen atoms in total. The summed E-state index contributed by atoms with van der Waals surface area (Å²) in [6, 6.07) is 16.6. The van der Waals surface area contributed by atoms with E-state index in [2.05, 4.69) is 47.1 Å². The van der Waals surface area contributed by atoms with E-state index in [0.29, 0.717) is 6.42 Å². The number of carbonyl (C=O) groups is 1. The van der Waals surface area contributed by atoms with E-state index in [1.165, 1.54) is 11.3 Å². The van der Waals surface area contributed by atoms with E-state index in [-0.39, 0.29) is 5.78 Å². The second kappa shape index (κ2) is 6.86. The van der Waals surface area contributed by atoms with Gasteiger partial charge in [0, 0.05) is 49.5 Å². The summed E-state index contributed by atoms with van der Waals surface area (Å²) in [6.07, 6.45) is 0.560. The zero-order valence-electron chi connectivity index (χ0n) is 14.0. The lowest BCUT2D eigenvalue weighted by Gasteiger charge is -2.38. The lowest BCUT2D eigenvalue weighted by molar-refractivity contribution is 0.0988. The van der Waals surface area contributed by atoms with E-state index < -0.39 is 0 Å². The van der Waals surface area contributed by atoms with Gasteiger partial charge in [0.2, 0.25) is 0 Å². The molecule has 3 rings (SSSR count). The van der Waals surface area contributed by atoms with E-state index in [1.807, 2.05) is 25.1 Å². The molecule has 1 fully saturated rings. The van der Waals surface area contributed by atoms with Crippen molar-refractivity contribution in [3.8, 4) is 0 Å². The van der Waals surface area contributed by atoms with Gasteiger partial charge in [0.1, 0.15) is 0 Å². The van der Waals surface area contributed by atoms with E-state index in [0.717, 1.165) is 37.4 Å². The third-order valence-corrected chi connectivity index (χ3v) is 4.59. The van der Waals surface area contributed by atoms with Crippen molar-refractivity contribution in [3.63, 3.8) is 0 Å². The molecule has 0 atom stereocenters. The van der Waals surface area contributed by atoms with Crippen molar-refractivity contribution in [2.24, 2.45) is 0 Å². The Kier molecular flexibility index (Phi) is 4.65. The first-order chi connectivity index (χ1) is 11.2. The van der Waals surface area contributed by atoms with Crippen molar-refractivity contribution >= 4 is 17.2 Å². The third kappa shape index (κ3) is 3.39. The lowest BCUT2D eigenvalue weighted by atomic mass is 10.1. The van der Waals surface area contributed by atoms with Crippen molar-refractivity contribution in [1.82, 2.24) is 0 Å². The lowest BCUT2D eigenvalue weighted by Crippen LogP contribution is -2.46. The number of hydrogen-bond donors (Lipinski definition) is 0. The molecule has 0 saturated carbocycles. The van der Waals surface area contributed by atoms with E-state index in [4.69, 9.17) is 0 Å². The van der Waals surface area contributed by atoms with Crippen LogP contribution < -0.4 is 9.80 Å². The quantitative estimate of drug-likeness (QED) is 0.800. The van der Waals surface area contributed by atoms with Gasteiger partial charge in [-0.05, 0) is 30.7 Å².